The van der Waals surface area contributed by atoms with Gasteiger partial charge in [-0.05, 0) is 141 Å². The van der Waals surface area contributed by atoms with Gasteiger partial charge < -0.3 is 9.80 Å². The first-order valence-corrected chi connectivity index (χ1v) is 19.2. The summed E-state index contributed by atoms with van der Waals surface area (Å²) in [6.45, 7) is 0. The van der Waals surface area contributed by atoms with Crippen molar-refractivity contribution in [3.05, 3.63) is 217 Å². The Hall–Kier alpha value is -7.32. The molecule has 0 atom stereocenters. The first-order valence-electron chi connectivity index (χ1n) is 19.2. The normalized spacial score (nSPS) is 11.8. The predicted octanol–water partition coefficient (Wildman–Crippen LogP) is 16.3. The minimum Gasteiger partial charge on any atom is -0.311 e. The van der Waals surface area contributed by atoms with E-state index >= 15 is 0 Å². The maximum atomic E-state index is 14.2. The summed E-state index contributed by atoms with van der Waals surface area (Å²) in [4.78, 5) is 4.22. The smallest absolute Gasteiger partial charge is 0.311 e. The number of nitrogens with zero attached hydrogens (tertiary/aromatic N) is 2. The van der Waals surface area contributed by atoms with Crippen LogP contribution in [0.2, 0.25) is 0 Å². The predicted molar refractivity (Wildman–Crippen MR) is 232 cm³/mol. The third-order valence-corrected chi connectivity index (χ3v) is 10.6. The molecule has 0 radical (unpaired) electrons. The third-order valence-electron chi connectivity index (χ3n) is 10.6. The molecule has 0 N–H and O–H groups in total. The van der Waals surface area contributed by atoms with Crippen LogP contribution in [0.3, 0.4) is 0 Å². The minimum absolute atomic E-state index is 0.330. The van der Waals surface area contributed by atoms with Crippen LogP contribution in [0.25, 0.3) is 43.8 Å². The Labute approximate surface area is 342 Å². The molecule has 0 aliphatic heterocycles. The van der Waals surface area contributed by atoms with E-state index in [0.29, 0.717) is 49.5 Å². The number of alkyl halides is 6. The highest BCUT2D eigenvalue weighted by Crippen LogP contribution is 2.48. The average molecular weight is 801 g/mol. The third kappa shape index (κ3) is 7.32. The molecule has 0 heterocycles. The molecule has 9 aromatic rings. The van der Waals surface area contributed by atoms with Gasteiger partial charge in [-0.15, -0.1) is 0 Å². The van der Waals surface area contributed by atoms with E-state index in [-0.39, 0.29) is 0 Å². The molecular weight excluding hydrogens is 767 g/mol. The highest BCUT2D eigenvalue weighted by Gasteiger charge is 2.32. The van der Waals surface area contributed by atoms with Crippen molar-refractivity contribution in [3.63, 3.8) is 0 Å². The van der Waals surface area contributed by atoms with Crippen molar-refractivity contribution in [2.24, 2.45) is 0 Å². The Morgan fingerprint density at radius 1 is 0.267 bits per heavy atom. The molecule has 9 rings (SSSR count). The van der Waals surface area contributed by atoms with Crippen molar-refractivity contribution in [3.8, 4) is 22.3 Å². The second-order valence-corrected chi connectivity index (χ2v) is 14.4. The monoisotopic (exact) mass is 800 g/mol. The zero-order valence-corrected chi connectivity index (χ0v) is 31.8. The van der Waals surface area contributed by atoms with Crippen LogP contribution in [-0.2, 0) is 12.4 Å². The zero-order valence-electron chi connectivity index (χ0n) is 31.8. The van der Waals surface area contributed by atoms with Crippen molar-refractivity contribution in [1.82, 2.24) is 0 Å². The lowest BCUT2D eigenvalue weighted by molar-refractivity contribution is -0.138. The van der Waals surface area contributed by atoms with Gasteiger partial charge in [-0.1, -0.05) is 109 Å². The summed E-state index contributed by atoms with van der Waals surface area (Å²) in [7, 11) is 0. The molecule has 60 heavy (non-hydrogen) atoms. The quantitative estimate of drug-likeness (QED) is 0.112. The summed E-state index contributed by atoms with van der Waals surface area (Å²) < 4.78 is 85.1. The lowest BCUT2D eigenvalue weighted by Crippen LogP contribution is -2.12. The summed E-state index contributed by atoms with van der Waals surface area (Å²) in [5, 5.41) is 2.39. The zero-order chi connectivity index (χ0) is 41.4. The lowest BCUT2D eigenvalue weighted by Gasteiger charge is -2.29. The molecule has 0 bridgehead atoms. The molecule has 0 aromatic heterocycles. The van der Waals surface area contributed by atoms with Gasteiger partial charge in [0, 0.05) is 34.1 Å². The molecule has 2 nitrogen and oxygen atoms in total. The summed E-state index contributed by atoms with van der Waals surface area (Å²) in [6, 6.07) is 61.2. The SMILES string of the molecule is FC(F)(F)c1cccc(-c2c3ccccc3c(-c3cccc(C(F)(F)F)c3)c3cc(N(c4ccccc4)c4ccc(N(c5ccccc5)c5ccccc5)cc4)ccc23)c1. The number of para-hydroxylation sites is 3. The van der Waals surface area contributed by atoms with E-state index in [4.69, 9.17) is 0 Å². The molecule has 294 valence electrons. The van der Waals surface area contributed by atoms with Crippen LogP contribution in [0.1, 0.15) is 11.1 Å². The van der Waals surface area contributed by atoms with E-state index in [1.165, 1.54) is 12.1 Å². The Bertz CT molecular complexity index is 2910. The van der Waals surface area contributed by atoms with E-state index in [0.717, 1.165) is 52.7 Å². The van der Waals surface area contributed by atoms with E-state index in [1.807, 2.05) is 140 Å². The maximum absolute atomic E-state index is 14.2. The molecule has 0 fully saturated rings. The Balaban J connectivity index is 1.29. The highest BCUT2D eigenvalue weighted by molar-refractivity contribution is 6.22. The molecule has 0 aliphatic rings. The van der Waals surface area contributed by atoms with Gasteiger partial charge in [-0.2, -0.15) is 26.3 Å². The summed E-state index contributed by atoms with van der Waals surface area (Å²) in [5.74, 6) is 0. The largest absolute Gasteiger partial charge is 0.416 e. The summed E-state index contributed by atoms with van der Waals surface area (Å²) in [6.07, 6.45) is -9.19. The van der Waals surface area contributed by atoms with Gasteiger partial charge in [-0.25, -0.2) is 0 Å². The van der Waals surface area contributed by atoms with Crippen LogP contribution in [0, 0.1) is 0 Å². The molecule has 0 saturated carbocycles. The number of benzene rings is 9. The van der Waals surface area contributed by atoms with Gasteiger partial charge in [0.25, 0.3) is 0 Å². The molecule has 9 aromatic carbocycles. The Kier molecular flexibility index (Phi) is 9.84. The standard InChI is InChI=1S/C52H34F6N2/c53-51(54,55)37-16-12-14-35(32-37)49-45-24-10-11-25-46(45)50(36-15-13-17-38(33-36)52(56,57)58)48-34-44(30-31-47(48)49)60(41-22-8-3-9-23-41)43-28-26-42(27-29-43)59(39-18-4-1-5-19-39)40-20-6-2-7-21-40/h1-34H. The molecule has 0 aliphatic carbocycles. The molecule has 0 unspecified atom stereocenters. The van der Waals surface area contributed by atoms with E-state index in [1.54, 1.807) is 30.3 Å². The Morgan fingerprint density at radius 3 is 1.02 bits per heavy atom. The number of fused-ring (bicyclic) bond motifs is 2. The topological polar surface area (TPSA) is 6.48 Å². The lowest BCUT2D eigenvalue weighted by atomic mass is 9.85. The van der Waals surface area contributed by atoms with Crippen molar-refractivity contribution in [2.75, 3.05) is 9.80 Å². The van der Waals surface area contributed by atoms with Crippen LogP contribution < -0.4 is 9.80 Å². The fraction of sp³-hybridized carbons (Fsp3) is 0.0385. The van der Waals surface area contributed by atoms with Gasteiger partial charge in [0.1, 0.15) is 0 Å². The van der Waals surface area contributed by atoms with Crippen LogP contribution >= 0.6 is 0 Å². The van der Waals surface area contributed by atoms with Gasteiger partial charge in [0.05, 0.1) is 11.1 Å². The van der Waals surface area contributed by atoms with Crippen molar-refractivity contribution < 1.29 is 26.3 Å². The van der Waals surface area contributed by atoms with Crippen LogP contribution in [0.15, 0.2) is 206 Å². The molecular formula is C52H34F6N2. The second kappa shape index (κ2) is 15.5. The number of rotatable bonds is 8. The van der Waals surface area contributed by atoms with Crippen molar-refractivity contribution in [2.45, 2.75) is 12.4 Å². The molecule has 0 saturated heterocycles. The number of halogens is 6. The fourth-order valence-electron chi connectivity index (χ4n) is 8.01. The molecule has 8 heteroatoms. The summed E-state index contributed by atoms with van der Waals surface area (Å²) >= 11 is 0. The molecule has 0 amide bonds. The van der Waals surface area contributed by atoms with Gasteiger partial charge in [0.2, 0.25) is 0 Å². The maximum Gasteiger partial charge on any atom is 0.416 e. The van der Waals surface area contributed by atoms with Gasteiger partial charge in [0.15, 0.2) is 0 Å². The Morgan fingerprint density at radius 2 is 0.600 bits per heavy atom. The van der Waals surface area contributed by atoms with Crippen molar-refractivity contribution >= 4 is 55.7 Å². The van der Waals surface area contributed by atoms with Crippen molar-refractivity contribution in [1.29, 1.82) is 0 Å². The second-order valence-electron chi connectivity index (χ2n) is 14.4. The van der Waals surface area contributed by atoms with E-state index in [2.05, 4.69) is 9.80 Å². The summed E-state index contributed by atoms with van der Waals surface area (Å²) in [5.41, 5.74) is 5.37. The number of hydrogen-bond donors (Lipinski definition) is 0. The fourth-order valence-corrected chi connectivity index (χ4v) is 8.01. The molecule has 0 spiro atoms. The van der Waals surface area contributed by atoms with Crippen LogP contribution in [0.4, 0.5) is 60.5 Å². The van der Waals surface area contributed by atoms with E-state index in [9.17, 15) is 26.3 Å². The first-order chi connectivity index (χ1) is 29.0. The van der Waals surface area contributed by atoms with Gasteiger partial charge >= 0.3 is 12.4 Å². The highest BCUT2D eigenvalue weighted by atomic mass is 19.4. The van der Waals surface area contributed by atoms with E-state index < -0.39 is 23.5 Å². The number of anilines is 6. The van der Waals surface area contributed by atoms with Crippen LogP contribution in [-0.4, -0.2) is 0 Å². The number of hydrogen-bond acceptors (Lipinski definition) is 2. The van der Waals surface area contributed by atoms with Gasteiger partial charge in [-0.3, -0.25) is 0 Å². The average Bonchev–Trinajstić information content (AvgIpc) is 3.27. The minimum atomic E-state index is -4.60. The van der Waals surface area contributed by atoms with Crippen LogP contribution in [0.5, 0.6) is 0 Å². The first kappa shape index (κ1) is 38.2.